The topological polar surface area (TPSA) is 40.5 Å². The van der Waals surface area contributed by atoms with Gasteiger partial charge in [0.15, 0.2) is 0 Å². The molecule has 1 aromatic carbocycles. The Bertz CT molecular complexity index is 295. The molecule has 0 fully saturated rings. The molecular weight excluding hydrogens is 178 g/mol. The maximum absolute atomic E-state index is 11.5. The summed E-state index contributed by atoms with van der Waals surface area (Å²) in [5.41, 5.74) is 0.963. The summed E-state index contributed by atoms with van der Waals surface area (Å²) in [7, 11) is 1.59. The minimum absolute atomic E-state index is 0.0776. The minimum atomic E-state index is -0.730. The first-order valence-electron chi connectivity index (χ1n) is 4.59. The predicted octanol–water partition coefficient (Wildman–Crippen LogP) is 1.03. The van der Waals surface area contributed by atoms with Gasteiger partial charge in [-0.3, -0.25) is 4.79 Å². The highest BCUT2D eigenvalue weighted by Crippen LogP contribution is 2.03. The van der Waals surface area contributed by atoms with Crippen molar-refractivity contribution in [2.75, 3.05) is 7.05 Å². The number of likely N-dealkylation sites (N-methyl/N-ethyl adjacent to an activating group) is 1. The Morgan fingerprint density at radius 1 is 1.43 bits per heavy atom. The van der Waals surface area contributed by atoms with E-state index in [9.17, 15) is 9.90 Å². The van der Waals surface area contributed by atoms with Gasteiger partial charge in [-0.15, -0.1) is 0 Å². The normalized spacial score (nSPS) is 12.2. The summed E-state index contributed by atoms with van der Waals surface area (Å²) in [6.45, 7) is 1.57. The van der Waals surface area contributed by atoms with E-state index in [1.165, 1.54) is 4.90 Å². The molecule has 1 aromatic rings. The van der Waals surface area contributed by atoms with Crippen molar-refractivity contribution in [2.45, 2.75) is 19.6 Å². The van der Waals surface area contributed by atoms with Crippen molar-refractivity contribution in [1.29, 1.82) is 0 Å². The van der Waals surface area contributed by atoms with Crippen LogP contribution in [0.3, 0.4) is 0 Å². The van der Waals surface area contributed by atoms with Gasteiger partial charge in [0.1, 0.15) is 6.23 Å². The van der Waals surface area contributed by atoms with E-state index in [0.717, 1.165) is 5.56 Å². The fourth-order valence-corrected chi connectivity index (χ4v) is 1.10. The van der Waals surface area contributed by atoms with Gasteiger partial charge in [0, 0.05) is 7.05 Å². The highest BCUT2D eigenvalue weighted by atomic mass is 16.3. The Balaban J connectivity index is 2.58. The smallest absolute Gasteiger partial charge is 0.228 e. The summed E-state index contributed by atoms with van der Waals surface area (Å²) in [5.74, 6) is -0.0776. The van der Waals surface area contributed by atoms with E-state index in [1.54, 1.807) is 14.0 Å². The lowest BCUT2D eigenvalue weighted by Gasteiger charge is -2.20. The van der Waals surface area contributed by atoms with Crippen molar-refractivity contribution in [1.82, 2.24) is 4.90 Å². The van der Waals surface area contributed by atoms with Crippen LogP contribution in [0.25, 0.3) is 0 Å². The zero-order valence-corrected chi connectivity index (χ0v) is 8.47. The van der Waals surface area contributed by atoms with Crippen molar-refractivity contribution in [2.24, 2.45) is 0 Å². The average Bonchev–Trinajstić information content (AvgIpc) is 2.18. The SMILES string of the molecule is CC(O)N(C)C(=O)Cc1ccccc1. The molecule has 0 aromatic heterocycles. The van der Waals surface area contributed by atoms with Crippen LogP contribution in [-0.2, 0) is 11.2 Å². The van der Waals surface area contributed by atoms with Crippen LogP contribution in [0, 0.1) is 0 Å². The van der Waals surface area contributed by atoms with E-state index in [-0.39, 0.29) is 5.91 Å². The molecule has 0 aliphatic rings. The Kier molecular flexibility index (Phi) is 3.65. The molecule has 1 amide bonds. The summed E-state index contributed by atoms with van der Waals surface area (Å²) in [6, 6.07) is 9.49. The number of hydrogen-bond acceptors (Lipinski definition) is 2. The van der Waals surface area contributed by atoms with Crippen LogP contribution in [0.15, 0.2) is 30.3 Å². The van der Waals surface area contributed by atoms with Gasteiger partial charge in [-0.25, -0.2) is 0 Å². The molecule has 3 heteroatoms. The lowest BCUT2D eigenvalue weighted by molar-refractivity contribution is -0.136. The molecule has 14 heavy (non-hydrogen) atoms. The van der Waals surface area contributed by atoms with E-state index < -0.39 is 6.23 Å². The fraction of sp³-hybridized carbons (Fsp3) is 0.364. The third-order valence-electron chi connectivity index (χ3n) is 2.15. The summed E-state index contributed by atoms with van der Waals surface area (Å²) in [6.07, 6.45) is -0.395. The van der Waals surface area contributed by atoms with Crippen molar-refractivity contribution >= 4 is 5.91 Å². The van der Waals surface area contributed by atoms with Gasteiger partial charge in [0.05, 0.1) is 6.42 Å². The van der Waals surface area contributed by atoms with Gasteiger partial charge in [0.25, 0.3) is 0 Å². The maximum Gasteiger partial charge on any atom is 0.228 e. The number of aliphatic hydroxyl groups is 1. The molecule has 1 rings (SSSR count). The second-order valence-corrected chi connectivity index (χ2v) is 3.30. The molecule has 1 unspecified atom stereocenters. The number of aliphatic hydroxyl groups excluding tert-OH is 1. The van der Waals surface area contributed by atoms with Gasteiger partial charge in [-0.2, -0.15) is 0 Å². The van der Waals surface area contributed by atoms with Crippen LogP contribution in [0.1, 0.15) is 12.5 Å². The van der Waals surface area contributed by atoms with Gasteiger partial charge in [-0.05, 0) is 12.5 Å². The molecule has 3 nitrogen and oxygen atoms in total. The van der Waals surface area contributed by atoms with Crippen LogP contribution >= 0.6 is 0 Å². The number of carbonyl (C=O) groups excluding carboxylic acids is 1. The van der Waals surface area contributed by atoms with Crippen molar-refractivity contribution < 1.29 is 9.90 Å². The number of amides is 1. The Hall–Kier alpha value is -1.35. The van der Waals surface area contributed by atoms with Crippen LogP contribution in [0.5, 0.6) is 0 Å². The third-order valence-corrected chi connectivity index (χ3v) is 2.15. The van der Waals surface area contributed by atoms with E-state index in [4.69, 9.17) is 0 Å². The fourth-order valence-electron chi connectivity index (χ4n) is 1.10. The van der Waals surface area contributed by atoms with Gasteiger partial charge >= 0.3 is 0 Å². The first-order chi connectivity index (χ1) is 6.61. The minimum Gasteiger partial charge on any atom is -0.374 e. The zero-order valence-electron chi connectivity index (χ0n) is 8.47. The molecule has 76 valence electrons. The summed E-state index contributed by atoms with van der Waals surface area (Å²) < 4.78 is 0. The van der Waals surface area contributed by atoms with Crippen molar-refractivity contribution in [3.05, 3.63) is 35.9 Å². The lowest BCUT2D eigenvalue weighted by atomic mass is 10.1. The highest BCUT2D eigenvalue weighted by molar-refractivity contribution is 5.78. The first-order valence-corrected chi connectivity index (χ1v) is 4.59. The van der Waals surface area contributed by atoms with Crippen molar-refractivity contribution in [3.8, 4) is 0 Å². The van der Waals surface area contributed by atoms with Crippen molar-refractivity contribution in [3.63, 3.8) is 0 Å². The molecule has 0 saturated carbocycles. The predicted molar refractivity (Wildman–Crippen MR) is 54.6 cm³/mol. The monoisotopic (exact) mass is 193 g/mol. The van der Waals surface area contributed by atoms with Crippen LogP contribution in [0.4, 0.5) is 0 Å². The summed E-state index contributed by atoms with van der Waals surface area (Å²) in [4.78, 5) is 12.8. The molecule has 0 heterocycles. The number of carbonyl (C=O) groups is 1. The van der Waals surface area contributed by atoms with Crippen LogP contribution in [0.2, 0.25) is 0 Å². The van der Waals surface area contributed by atoms with Gasteiger partial charge in [-0.1, -0.05) is 30.3 Å². The zero-order chi connectivity index (χ0) is 10.6. The Morgan fingerprint density at radius 3 is 2.50 bits per heavy atom. The third kappa shape index (κ3) is 2.85. The molecule has 0 aliphatic heterocycles. The Morgan fingerprint density at radius 2 is 2.00 bits per heavy atom. The van der Waals surface area contributed by atoms with E-state index in [1.807, 2.05) is 30.3 Å². The van der Waals surface area contributed by atoms with Crippen LogP contribution in [-0.4, -0.2) is 29.2 Å². The number of benzene rings is 1. The summed E-state index contributed by atoms with van der Waals surface area (Å²) in [5, 5.41) is 9.17. The molecule has 0 aliphatic carbocycles. The van der Waals surface area contributed by atoms with E-state index in [0.29, 0.717) is 6.42 Å². The lowest BCUT2D eigenvalue weighted by Crippen LogP contribution is -2.35. The molecule has 1 atom stereocenters. The number of nitrogens with zero attached hydrogens (tertiary/aromatic N) is 1. The number of rotatable bonds is 3. The highest BCUT2D eigenvalue weighted by Gasteiger charge is 2.12. The molecule has 0 bridgehead atoms. The van der Waals surface area contributed by atoms with Crippen LogP contribution < -0.4 is 0 Å². The molecule has 0 spiro atoms. The summed E-state index contributed by atoms with van der Waals surface area (Å²) >= 11 is 0. The number of hydrogen-bond donors (Lipinski definition) is 1. The molecular formula is C11H15NO2. The quantitative estimate of drug-likeness (QED) is 0.728. The first kappa shape index (κ1) is 10.7. The largest absolute Gasteiger partial charge is 0.374 e. The maximum atomic E-state index is 11.5. The second-order valence-electron chi connectivity index (χ2n) is 3.30. The van der Waals surface area contributed by atoms with Gasteiger partial charge in [0.2, 0.25) is 5.91 Å². The van der Waals surface area contributed by atoms with E-state index >= 15 is 0 Å². The van der Waals surface area contributed by atoms with Gasteiger partial charge < -0.3 is 10.0 Å². The molecule has 0 saturated heterocycles. The average molecular weight is 193 g/mol. The molecule has 1 N–H and O–H groups in total. The van der Waals surface area contributed by atoms with E-state index in [2.05, 4.69) is 0 Å². The Labute approximate surface area is 84.0 Å². The second kappa shape index (κ2) is 4.77. The standard InChI is InChI=1S/C11H15NO2/c1-9(13)12(2)11(14)8-10-6-4-3-5-7-10/h3-7,9,13H,8H2,1-2H3. The molecule has 0 radical (unpaired) electrons.